The fraction of sp³-hybridized carbons (Fsp3) is 0.294. The van der Waals surface area contributed by atoms with Crippen LogP contribution in [0.2, 0.25) is 0 Å². The van der Waals surface area contributed by atoms with Crippen molar-refractivity contribution in [3.05, 3.63) is 57.6 Å². The Morgan fingerprint density at radius 1 is 1.29 bits per heavy atom. The summed E-state index contributed by atoms with van der Waals surface area (Å²) in [6.45, 7) is 4.42. The molecule has 0 amide bonds. The topological polar surface area (TPSA) is 55.5 Å². The van der Waals surface area contributed by atoms with Crippen LogP contribution >= 0.6 is 15.9 Å². The van der Waals surface area contributed by atoms with E-state index >= 15 is 0 Å². The number of phenols is 1. The fourth-order valence-electron chi connectivity index (χ4n) is 2.31. The third-order valence-corrected chi connectivity index (χ3v) is 3.61. The highest BCUT2D eigenvalue weighted by atomic mass is 79.9. The molecule has 3 N–H and O–H groups in total. The van der Waals surface area contributed by atoms with Crippen molar-refractivity contribution >= 4 is 15.9 Å². The summed E-state index contributed by atoms with van der Waals surface area (Å²) < 4.78 is 7.01. The number of phenolic OH excluding ortho intramolecular Hbond substituents is 1. The molecule has 0 radical (unpaired) electrons. The molecule has 2 aromatic rings. The molecule has 0 fully saturated rings. The molecule has 2 rings (SSSR count). The normalized spacial score (nSPS) is 12.2. The van der Waals surface area contributed by atoms with E-state index < -0.39 is 0 Å². The largest absolute Gasteiger partial charge is 0.508 e. The molecular formula is C17H20BrNO2. The van der Waals surface area contributed by atoms with E-state index in [0.29, 0.717) is 6.61 Å². The maximum absolute atomic E-state index is 9.50. The lowest BCUT2D eigenvalue weighted by atomic mass is 10.0. The molecule has 1 atom stereocenters. The summed E-state index contributed by atoms with van der Waals surface area (Å²) in [7, 11) is 0. The standard InChI is InChI=1S/C17H20BrNO2/c1-11-6-15(18)9-14(7-12(2)19)17(11)21-10-13-4-3-5-16(20)8-13/h3-6,8-9,12,20H,7,10,19H2,1-2H3. The van der Waals surface area contributed by atoms with Crippen molar-refractivity contribution in [3.8, 4) is 11.5 Å². The Balaban J connectivity index is 2.22. The highest BCUT2D eigenvalue weighted by molar-refractivity contribution is 9.10. The summed E-state index contributed by atoms with van der Waals surface area (Å²) in [6, 6.07) is 11.2. The maximum atomic E-state index is 9.50. The smallest absolute Gasteiger partial charge is 0.126 e. The third kappa shape index (κ3) is 4.48. The summed E-state index contributed by atoms with van der Waals surface area (Å²) in [5.74, 6) is 1.12. The first-order valence-corrected chi connectivity index (χ1v) is 7.70. The lowest BCUT2D eigenvalue weighted by Crippen LogP contribution is -2.18. The lowest BCUT2D eigenvalue weighted by molar-refractivity contribution is 0.299. The van der Waals surface area contributed by atoms with E-state index in [0.717, 1.165) is 33.3 Å². The molecule has 0 aliphatic heterocycles. The van der Waals surface area contributed by atoms with E-state index in [9.17, 15) is 5.11 Å². The summed E-state index contributed by atoms with van der Waals surface area (Å²) in [4.78, 5) is 0. The van der Waals surface area contributed by atoms with Crippen LogP contribution in [0.1, 0.15) is 23.6 Å². The predicted octanol–water partition coefficient (Wildman–Crippen LogP) is 3.93. The van der Waals surface area contributed by atoms with Crippen LogP contribution in [0.4, 0.5) is 0 Å². The van der Waals surface area contributed by atoms with Gasteiger partial charge in [-0.1, -0.05) is 28.1 Å². The molecule has 0 aromatic heterocycles. The van der Waals surface area contributed by atoms with Gasteiger partial charge in [0.25, 0.3) is 0 Å². The highest BCUT2D eigenvalue weighted by Crippen LogP contribution is 2.30. The Labute approximate surface area is 133 Å². The van der Waals surface area contributed by atoms with E-state index in [2.05, 4.69) is 15.9 Å². The van der Waals surface area contributed by atoms with Crippen molar-refractivity contribution in [2.75, 3.05) is 0 Å². The number of aromatic hydroxyl groups is 1. The van der Waals surface area contributed by atoms with Gasteiger partial charge in [0.1, 0.15) is 18.1 Å². The average molecular weight is 350 g/mol. The minimum atomic E-state index is 0.0711. The summed E-state index contributed by atoms with van der Waals surface area (Å²) in [5.41, 5.74) is 9.02. The molecular weight excluding hydrogens is 330 g/mol. The zero-order valence-electron chi connectivity index (χ0n) is 12.3. The van der Waals surface area contributed by atoms with Gasteiger partial charge < -0.3 is 15.6 Å². The molecule has 0 saturated heterocycles. The molecule has 21 heavy (non-hydrogen) atoms. The second-order valence-electron chi connectivity index (χ2n) is 5.35. The molecule has 2 aromatic carbocycles. The maximum Gasteiger partial charge on any atom is 0.126 e. The van der Waals surface area contributed by atoms with Crippen LogP contribution in [0, 0.1) is 6.92 Å². The molecule has 0 bridgehead atoms. The van der Waals surface area contributed by atoms with Gasteiger partial charge in [-0.25, -0.2) is 0 Å². The molecule has 4 heteroatoms. The van der Waals surface area contributed by atoms with Crippen LogP contribution < -0.4 is 10.5 Å². The van der Waals surface area contributed by atoms with Gasteiger partial charge in [-0.05, 0) is 61.2 Å². The first-order valence-electron chi connectivity index (χ1n) is 6.91. The molecule has 0 heterocycles. The van der Waals surface area contributed by atoms with Gasteiger partial charge in [-0.2, -0.15) is 0 Å². The highest BCUT2D eigenvalue weighted by Gasteiger charge is 2.11. The van der Waals surface area contributed by atoms with E-state index in [1.807, 2.05) is 38.1 Å². The molecule has 1 unspecified atom stereocenters. The van der Waals surface area contributed by atoms with E-state index in [1.165, 1.54) is 0 Å². The van der Waals surface area contributed by atoms with Crippen molar-refractivity contribution < 1.29 is 9.84 Å². The van der Waals surface area contributed by atoms with Gasteiger partial charge in [0.15, 0.2) is 0 Å². The van der Waals surface area contributed by atoms with E-state index in [4.69, 9.17) is 10.5 Å². The van der Waals surface area contributed by atoms with Gasteiger partial charge in [0.05, 0.1) is 0 Å². The van der Waals surface area contributed by atoms with Crippen LogP contribution in [-0.4, -0.2) is 11.1 Å². The van der Waals surface area contributed by atoms with Gasteiger partial charge >= 0.3 is 0 Å². The Morgan fingerprint density at radius 2 is 2.05 bits per heavy atom. The Morgan fingerprint density at radius 3 is 2.71 bits per heavy atom. The van der Waals surface area contributed by atoms with Gasteiger partial charge in [0, 0.05) is 10.5 Å². The second kappa shape index (κ2) is 6.96. The number of halogens is 1. The summed E-state index contributed by atoms with van der Waals surface area (Å²) in [5, 5.41) is 9.50. The van der Waals surface area contributed by atoms with Crippen LogP contribution in [0.15, 0.2) is 40.9 Å². The Bertz CT molecular complexity index is 626. The summed E-state index contributed by atoms with van der Waals surface area (Å²) >= 11 is 3.51. The van der Waals surface area contributed by atoms with Crippen LogP contribution in [0.5, 0.6) is 11.5 Å². The lowest BCUT2D eigenvalue weighted by Gasteiger charge is -2.16. The van der Waals surface area contributed by atoms with Gasteiger partial charge in [0.2, 0.25) is 0 Å². The number of rotatable bonds is 5. The van der Waals surface area contributed by atoms with E-state index in [-0.39, 0.29) is 11.8 Å². The molecule has 0 spiro atoms. The minimum Gasteiger partial charge on any atom is -0.508 e. The first-order chi connectivity index (χ1) is 9.95. The molecule has 0 aliphatic rings. The van der Waals surface area contributed by atoms with Crippen molar-refractivity contribution in [3.63, 3.8) is 0 Å². The number of ether oxygens (including phenoxy) is 1. The zero-order chi connectivity index (χ0) is 15.4. The van der Waals surface area contributed by atoms with Gasteiger partial charge in [-0.3, -0.25) is 0 Å². The van der Waals surface area contributed by atoms with Crippen molar-refractivity contribution in [2.45, 2.75) is 32.9 Å². The molecule has 112 valence electrons. The second-order valence-corrected chi connectivity index (χ2v) is 6.27. The SMILES string of the molecule is Cc1cc(Br)cc(CC(C)N)c1OCc1cccc(O)c1. The average Bonchev–Trinajstić information content (AvgIpc) is 2.36. The van der Waals surface area contributed by atoms with E-state index in [1.54, 1.807) is 12.1 Å². The fourth-order valence-corrected chi connectivity index (χ4v) is 2.93. The number of hydrogen-bond donors (Lipinski definition) is 2. The van der Waals surface area contributed by atoms with Crippen molar-refractivity contribution in [2.24, 2.45) is 5.73 Å². The quantitative estimate of drug-likeness (QED) is 0.859. The Kier molecular flexibility index (Phi) is 5.26. The third-order valence-electron chi connectivity index (χ3n) is 3.15. The number of benzene rings is 2. The number of nitrogens with two attached hydrogens (primary N) is 1. The molecule has 0 saturated carbocycles. The van der Waals surface area contributed by atoms with Crippen LogP contribution in [0.25, 0.3) is 0 Å². The minimum absolute atomic E-state index is 0.0711. The monoisotopic (exact) mass is 349 g/mol. The molecule has 3 nitrogen and oxygen atoms in total. The van der Waals surface area contributed by atoms with Crippen molar-refractivity contribution in [1.29, 1.82) is 0 Å². The predicted molar refractivity (Wildman–Crippen MR) is 88.7 cm³/mol. The summed E-state index contributed by atoms with van der Waals surface area (Å²) in [6.07, 6.45) is 0.760. The first kappa shape index (κ1) is 15.9. The number of aryl methyl sites for hydroxylation is 1. The van der Waals surface area contributed by atoms with Crippen LogP contribution in [0.3, 0.4) is 0 Å². The molecule has 0 aliphatic carbocycles. The van der Waals surface area contributed by atoms with Crippen LogP contribution in [-0.2, 0) is 13.0 Å². The zero-order valence-corrected chi connectivity index (χ0v) is 13.9. The van der Waals surface area contributed by atoms with Crippen molar-refractivity contribution in [1.82, 2.24) is 0 Å². The Hall–Kier alpha value is -1.52. The van der Waals surface area contributed by atoms with Gasteiger partial charge in [-0.15, -0.1) is 0 Å². The number of hydrogen-bond acceptors (Lipinski definition) is 3.